The number of rotatable bonds is 4. The number of hydrogen-bond acceptors (Lipinski definition) is 2. The van der Waals surface area contributed by atoms with Crippen molar-refractivity contribution in [1.82, 2.24) is 4.90 Å². The summed E-state index contributed by atoms with van der Waals surface area (Å²) in [4.78, 5) is 14.8. The van der Waals surface area contributed by atoms with Gasteiger partial charge in [-0.3, -0.25) is 4.79 Å². The Balaban J connectivity index is 1.71. The van der Waals surface area contributed by atoms with Crippen LogP contribution in [-0.2, 0) is 4.79 Å². The standard InChI is InChI=1S/C20H24N2O/c1-15-7-5-10-17(13-15)19-11-6-12-22(19)20(23)14-18(21)16-8-3-2-4-9-16/h2-5,7-10,13,18-19H,6,11-12,14,21H2,1H3. The van der Waals surface area contributed by atoms with Crippen LogP contribution in [0.15, 0.2) is 54.6 Å². The highest BCUT2D eigenvalue weighted by molar-refractivity contribution is 5.78. The summed E-state index contributed by atoms with van der Waals surface area (Å²) in [6.07, 6.45) is 2.47. The summed E-state index contributed by atoms with van der Waals surface area (Å²) in [7, 11) is 0. The number of nitrogens with zero attached hydrogens (tertiary/aromatic N) is 1. The molecule has 1 aliphatic heterocycles. The maximum absolute atomic E-state index is 12.7. The second kappa shape index (κ2) is 6.97. The molecule has 23 heavy (non-hydrogen) atoms. The highest BCUT2D eigenvalue weighted by atomic mass is 16.2. The minimum absolute atomic E-state index is 0.158. The summed E-state index contributed by atoms with van der Waals surface area (Å²) in [6, 6.07) is 18.3. The van der Waals surface area contributed by atoms with Crippen LogP contribution >= 0.6 is 0 Å². The zero-order valence-corrected chi connectivity index (χ0v) is 13.6. The Morgan fingerprint density at radius 1 is 1.22 bits per heavy atom. The third kappa shape index (κ3) is 3.62. The molecule has 1 fully saturated rings. The Hall–Kier alpha value is -2.13. The van der Waals surface area contributed by atoms with Crippen molar-refractivity contribution in [2.45, 2.75) is 38.3 Å². The van der Waals surface area contributed by atoms with Gasteiger partial charge in [0, 0.05) is 19.0 Å². The monoisotopic (exact) mass is 308 g/mol. The summed E-state index contributed by atoms with van der Waals surface area (Å²) in [5, 5.41) is 0. The molecule has 3 nitrogen and oxygen atoms in total. The molecule has 2 atom stereocenters. The zero-order valence-electron chi connectivity index (χ0n) is 13.6. The number of amides is 1. The van der Waals surface area contributed by atoms with Crippen molar-refractivity contribution in [2.75, 3.05) is 6.54 Å². The minimum atomic E-state index is -0.234. The van der Waals surface area contributed by atoms with Crippen LogP contribution in [0, 0.1) is 6.92 Å². The number of likely N-dealkylation sites (tertiary alicyclic amines) is 1. The summed E-state index contributed by atoms with van der Waals surface area (Å²) in [6.45, 7) is 2.93. The van der Waals surface area contributed by atoms with E-state index in [0.717, 1.165) is 24.9 Å². The van der Waals surface area contributed by atoms with Gasteiger partial charge in [-0.2, -0.15) is 0 Å². The molecule has 1 aliphatic rings. The van der Waals surface area contributed by atoms with Crippen LogP contribution in [-0.4, -0.2) is 17.4 Å². The fraction of sp³-hybridized carbons (Fsp3) is 0.350. The van der Waals surface area contributed by atoms with Crippen molar-refractivity contribution in [2.24, 2.45) is 5.73 Å². The first-order valence-corrected chi connectivity index (χ1v) is 8.31. The van der Waals surface area contributed by atoms with Gasteiger partial charge in [0.1, 0.15) is 0 Å². The van der Waals surface area contributed by atoms with E-state index >= 15 is 0 Å². The first kappa shape index (κ1) is 15.8. The number of hydrogen-bond donors (Lipinski definition) is 1. The van der Waals surface area contributed by atoms with Gasteiger partial charge in [0.15, 0.2) is 0 Å². The van der Waals surface area contributed by atoms with E-state index in [-0.39, 0.29) is 18.0 Å². The van der Waals surface area contributed by atoms with Crippen LogP contribution in [0.3, 0.4) is 0 Å². The summed E-state index contributed by atoms with van der Waals surface area (Å²) >= 11 is 0. The topological polar surface area (TPSA) is 46.3 Å². The molecule has 1 saturated heterocycles. The Labute approximate surface area is 138 Å². The second-order valence-corrected chi connectivity index (χ2v) is 6.38. The van der Waals surface area contributed by atoms with Gasteiger partial charge in [-0.05, 0) is 30.9 Å². The van der Waals surface area contributed by atoms with Crippen LogP contribution in [0.1, 0.15) is 48.0 Å². The molecule has 0 aromatic heterocycles. The fourth-order valence-corrected chi connectivity index (χ4v) is 3.41. The van der Waals surface area contributed by atoms with Gasteiger partial charge in [0.05, 0.1) is 6.04 Å². The molecule has 3 heteroatoms. The van der Waals surface area contributed by atoms with Gasteiger partial charge in [-0.15, -0.1) is 0 Å². The van der Waals surface area contributed by atoms with Gasteiger partial charge in [-0.1, -0.05) is 60.2 Å². The van der Waals surface area contributed by atoms with E-state index < -0.39 is 0 Å². The smallest absolute Gasteiger partial charge is 0.224 e. The predicted molar refractivity (Wildman–Crippen MR) is 92.9 cm³/mol. The second-order valence-electron chi connectivity index (χ2n) is 6.38. The SMILES string of the molecule is Cc1cccc(C2CCCN2C(=O)CC(N)c2ccccc2)c1. The summed E-state index contributed by atoms with van der Waals surface area (Å²) in [5.74, 6) is 0.158. The average Bonchev–Trinajstić information content (AvgIpc) is 3.05. The van der Waals surface area contributed by atoms with Gasteiger partial charge >= 0.3 is 0 Å². The lowest BCUT2D eigenvalue weighted by Gasteiger charge is -2.26. The van der Waals surface area contributed by atoms with E-state index in [1.165, 1.54) is 11.1 Å². The Morgan fingerprint density at radius 2 is 2.00 bits per heavy atom. The van der Waals surface area contributed by atoms with Crippen molar-refractivity contribution in [3.8, 4) is 0 Å². The molecular weight excluding hydrogens is 284 g/mol. The molecule has 0 bridgehead atoms. The minimum Gasteiger partial charge on any atom is -0.336 e. The molecule has 0 radical (unpaired) electrons. The lowest BCUT2D eigenvalue weighted by Crippen LogP contribution is -2.33. The van der Waals surface area contributed by atoms with Gasteiger partial charge in [-0.25, -0.2) is 0 Å². The van der Waals surface area contributed by atoms with Crippen molar-refractivity contribution in [3.63, 3.8) is 0 Å². The highest BCUT2D eigenvalue weighted by Gasteiger charge is 2.30. The zero-order chi connectivity index (χ0) is 16.2. The van der Waals surface area contributed by atoms with Crippen LogP contribution in [0.5, 0.6) is 0 Å². The molecule has 120 valence electrons. The van der Waals surface area contributed by atoms with Gasteiger partial charge in [0.2, 0.25) is 5.91 Å². The number of benzene rings is 2. The molecule has 1 heterocycles. The molecular formula is C20H24N2O. The first-order valence-electron chi connectivity index (χ1n) is 8.31. The molecule has 3 rings (SSSR count). The van der Waals surface area contributed by atoms with Crippen LogP contribution in [0.2, 0.25) is 0 Å². The van der Waals surface area contributed by atoms with E-state index in [1.54, 1.807) is 0 Å². The summed E-state index contributed by atoms with van der Waals surface area (Å²) < 4.78 is 0. The third-order valence-electron chi connectivity index (χ3n) is 4.62. The largest absolute Gasteiger partial charge is 0.336 e. The van der Waals surface area contributed by atoms with E-state index in [2.05, 4.69) is 31.2 Å². The predicted octanol–water partition coefficient (Wildman–Crippen LogP) is 3.75. The van der Waals surface area contributed by atoms with E-state index in [4.69, 9.17) is 5.73 Å². The van der Waals surface area contributed by atoms with Gasteiger partial charge < -0.3 is 10.6 Å². The highest BCUT2D eigenvalue weighted by Crippen LogP contribution is 2.33. The van der Waals surface area contributed by atoms with Crippen LogP contribution < -0.4 is 5.73 Å². The normalized spacial score (nSPS) is 18.9. The average molecular weight is 308 g/mol. The van der Waals surface area contributed by atoms with Crippen LogP contribution in [0.25, 0.3) is 0 Å². The van der Waals surface area contributed by atoms with E-state index in [1.807, 2.05) is 35.2 Å². The maximum Gasteiger partial charge on any atom is 0.224 e. The molecule has 1 amide bonds. The molecule has 2 N–H and O–H groups in total. The number of carbonyl (C=O) groups excluding carboxylic acids is 1. The van der Waals surface area contributed by atoms with Crippen molar-refractivity contribution >= 4 is 5.91 Å². The fourth-order valence-electron chi connectivity index (χ4n) is 3.41. The molecule has 0 spiro atoms. The molecule has 2 aromatic rings. The number of nitrogens with two attached hydrogens (primary N) is 1. The lowest BCUT2D eigenvalue weighted by molar-refractivity contribution is -0.132. The molecule has 2 unspecified atom stereocenters. The molecule has 2 aromatic carbocycles. The number of aryl methyl sites for hydroxylation is 1. The Morgan fingerprint density at radius 3 is 2.74 bits per heavy atom. The van der Waals surface area contributed by atoms with Crippen LogP contribution in [0.4, 0.5) is 0 Å². The van der Waals surface area contributed by atoms with E-state index in [9.17, 15) is 4.79 Å². The Bertz CT molecular complexity index is 668. The van der Waals surface area contributed by atoms with Crippen molar-refractivity contribution in [3.05, 3.63) is 71.3 Å². The van der Waals surface area contributed by atoms with Gasteiger partial charge in [0.25, 0.3) is 0 Å². The maximum atomic E-state index is 12.7. The quantitative estimate of drug-likeness (QED) is 0.935. The Kier molecular flexibility index (Phi) is 4.77. The molecule has 0 saturated carbocycles. The molecule has 0 aliphatic carbocycles. The van der Waals surface area contributed by atoms with Crippen molar-refractivity contribution in [1.29, 1.82) is 0 Å². The van der Waals surface area contributed by atoms with E-state index in [0.29, 0.717) is 6.42 Å². The lowest BCUT2D eigenvalue weighted by atomic mass is 10.0. The summed E-state index contributed by atoms with van der Waals surface area (Å²) in [5.41, 5.74) is 9.72. The first-order chi connectivity index (χ1) is 11.1. The van der Waals surface area contributed by atoms with Crippen molar-refractivity contribution < 1.29 is 4.79 Å². The third-order valence-corrected chi connectivity index (χ3v) is 4.62. The number of carbonyl (C=O) groups is 1.